The lowest BCUT2D eigenvalue weighted by Gasteiger charge is -2.37. The van der Waals surface area contributed by atoms with Crippen molar-refractivity contribution < 1.29 is 14.7 Å². The number of rotatable bonds is 2. The van der Waals surface area contributed by atoms with Gasteiger partial charge in [0.2, 0.25) is 5.91 Å². The van der Waals surface area contributed by atoms with Gasteiger partial charge in [0.15, 0.2) is 0 Å². The van der Waals surface area contributed by atoms with Crippen LogP contribution in [0, 0.1) is 16.7 Å². The number of likely N-dealkylation sites (tertiary alicyclic amines) is 1. The van der Waals surface area contributed by atoms with Gasteiger partial charge in [-0.3, -0.25) is 9.59 Å². The third-order valence-electron chi connectivity index (χ3n) is 6.75. The largest absolute Gasteiger partial charge is 0.481 e. The van der Waals surface area contributed by atoms with Gasteiger partial charge in [0, 0.05) is 13.1 Å². The maximum Gasteiger partial charge on any atom is 0.311 e. The van der Waals surface area contributed by atoms with Gasteiger partial charge in [-0.25, -0.2) is 0 Å². The third kappa shape index (κ3) is 2.19. The van der Waals surface area contributed by atoms with Gasteiger partial charge in [-0.1, -0.05) is 37.6 Å². The molecule has 1 unspecified atom stereocenters. The van der Waals surface area contributed by atoms with E-state index in [1.165, 1.54) is 11.1 Å². The summed E-state index contributed by atoms with van der Waals surface area (Å²) in [6.45, 7) is 3.10. The zero-order chi connectivity index (χ0) is 16.9. The molecule has 1 saturated carbocycles. The monoisotopic (exact) mass is 327 g/mol. The molecule has 1 saturated heterocycles. The van der Waals surface area contributed by atoms with E-state index in [1.54, 1.807) is 0 Å². The lowest BCUT2D eigenvalue weighted by molar-refractivity contribution is -0.150. The van der Waals surface area contributed by atoms with Crippen molar-refractivity contribution in [3.8, 4) is 0 Å². The van der Waals surface area contributed by atoms with Crippen LogP contribution in [0.25, 0.3) is 0 Å². The predicted octanol–water partition coefficient (Wildman–Crippen LogP) is 2.89. The highest BCUT2D eigenvalue weighted by Gasteiger charge is 2.57. The molecule has 4 rings (SSSR count). The van der Waals surface area contributed by atoms with Crippen molar-refractivity contribution in [3.05, 3.63) is 35.4 Å². The fourth-order valence-corrected chi connectivity index (χ4v) is 5.25. The molecule has 1 N–H and O–H groups in total. The van der Waals surface area contributed by atoms with Crippen LogP contribution in [0.15, 0.2) is 24.3 Å². The number of carbonyl (C=O) groups is 2. The second-order valence-corrected chi connectivity index (χ2v) is 8.24. The fraction of sp³-hybridized carbons (Fsp3) is 0.600. The molecule has 0 bridgehead atoms. The van der Waals surface area contributed by atoms with E-state index in [1.807, 2.05) is 11.0 Å². The molecule has 4 nitrogen and oxygen atoms in total. The van der Waals surface area contributed by atoms with Gasteiger partial charge in [0.1, 0.15) is 0 Å². The highest BCUT2D eigenvalue weighted by atomic mass is 16.4. The Morgan fingerprint density at radius 1 is 1.21 bits per heavy atom. The zero-order valence-corrected chi connectivity index (χ0v) is 14.3. The summed E-state index contributed by atoms with van der Waals surface area (Å²) in [4.78, 5) is 27.0. The van der Waals surface area contributed by atoms with Crippen molar-refractivity contribution in [1.29, 1.82) is 0 Å². The number of aliphatic carboxylic acids is 1. The van der Waals surface area contributed by atoms with Gasteiger partial charge in [-0.05, 0) is 49.1 Å². The van der Waals surface area contributed by atoms with E-state index in [0.717, 1.165) is 38.5 Å². The molecule has 3 aliphatic rings. The summed E-state index contributed by atoms with van der Waals surface area (Å²) >= 11 is 0. The third-order valence-corrected chi connectivity index (χ3v) is 6.75. The Balaban J connectivity index is 1.56. The van der Waals surface area contributed by atoms with E-state index >= 15 is 0 Å². The summed E-state index contributed by atoms with van der Waals surface area (Å²) < 4.78 is 0. The first-order chi connectivity index (χ1) is 11.4. The van der Waals surface area contributed by atoms with Crippen LogP contribution in [-0.2, 0) is 22.4 Å². The molecular weight excluding hydrogens is 302 g/mol. The highest BCUT2D eigenvalue weighted by Crippen LogP contribution is 2.50. The minimum absolute atomic E-state index is 0.137. The number of carboxylic acids is 1. The van der Waals surface area contributed by atoms with Gasteiger partial charge in [0.05, 0.1) is 10.8 Å². The summed E-state index contributed by atoms with van der Waals surface area (Å²) in [5.74, 6) is -0.412. The van der Waals surface area contributed by atoms with E-state index in [9.17, 15) is 14.7 Å². The number of hydrogen-bond acceptors (Lipinski definition) is 2. The first-order valence-electron chi connectivity index (χ1n) is 9.04. The Hall–Kier alpha value is -1.84. The number of benzene rings is 1. The number of nitrogens with zero attached hydrogens (tertiary/aromatic N) is 1. The summed E-state index contributed by atoms with van der Waals surface area (Å²) in [6, 6.07) is 8.37. The second kappa shape index (κ2) is 5.33. The lowest BCUT2D eigenvalue weighted by Crippen LogP contribution is -2.46. The Morgan fingerprint density at radius 2 is 1.96 bits per heavy atom. The van der Waals surface area contributed by atoms with Gasteiger partial charge in [0.25, 0.3) is 0 Å². The van der Waals surface area contributed by atoms with E-state index in [-0.39, 0.29) is 11.8 Å². The van der Waals surface area contributed by atoms with Gasteiger partial charge >= 0.3 is 5.97 Å². The van der Waals surface area contributed by atoms with E-state index in [4.69, 9.17) is 0 Å². The molecule has 0 radical (unpaired) electrons. The fourth-order valence-electron chi connectivity index (χ4n) is 5.25. The molecule has 2 fully saturated rings. The quantitative estimate of drug-likeness (QED) is 0.908. The van der Waals surface area contributed by atoms with Crippen LogP contribution in [0.1, 0.15) is 43.7 Å². The summed E-state index contributed by atoms with van der Waals surface area (Å²) in [5, 5.41) is 9.74. The van der Waals surface area contributed by atoms with Crippen molar-refractivity contribution in [2.45, 2.75) is 45.4 Å². The Morgan fingerprint density at radius 3 is 2.67 bits per heavy atom. The van der Waals surface area contributed by atoms with Crippen molar-refractivity contribution in [3.63, 3.8) is 0 Å². The van der Waals surface area contributed by atoms with Gasteiger partial charge in [-0.2, -0.15) is 0 Å². The summed E-state index contributed by atoms with van der Waals surface area (Å²) in [5.41, 5.74) is 1.54. The van der Waals surface area contributed by atoms with Crippen LogP contribution in [0.5, 0.6) is 0 Å². The van der Waals surface area contributed by atoms with Crippen LogP contribution in [0.4, 0.5) is 0 Å². The molecule has 1 aromatic carbocycles. The lowest BCUT2D eigenvalue weighted by atomic mass is 9.72. The van der Waals surface area contributed by atoms with Gasteiger partial charge in [-0.15, -0.1) is 0 Å². The Bertz CT molecular complexity index is 700. The molecule has 3 atom stereocenters. The number of fused-ring (bicyclic) bond motifs is 2. The highest BCUT2D eigenvalue weighted by molar-refractivity contribution is 5.85. The Labute approximate surface area is 142 Å². The molecule has 24 heavy (non-hydrogen) atoms. The van der Waals surface area contributed by atoms with E-state index in [2.05, 4.69) is 25.1 Å². The predicted molar refractivity (Wildman–Crippen MR) is 90.6 cm³/mol. The Kier molecular flexibility index (Phi) is 3.48. The number of aryl methyl sites for hydroxylation is 1. The van der Waals surface area contributed by atoms with Crippen LogP contribution in [0.3, 0.4) is 0 Å². The van der Waals surface area contributed by atoms with E-state index in [0.29, 0.717) is 13.1 Å². The van der Waals surface area contributed by atoms with Crippen molar-refractivity contribution in [2.24, 2.45) is 16.7 Å². The minimum Gasteiger partial charge on any atom is -0.481 e. The first kappa shape index (κ1) is 15.7. The van der Waals surface area contributed by atoms with Crippen LogP contribution in [0.2, 0.25) is 0 Å². The standard InChI is InChI=1S/C20H25NO3/c1-19(10-8-14-5-2-3-6-15(14)11-19)17(22)21-12-16-7-4-9-20(16,13-21)18(23)24/h2-3,5-6,16H,4,7-13H2,1H3,(H,23,24)/t16-,19?,20+/m0/s1. The van der Waals surface area contributed by atoms with Crippen molar-refractivity contribution in [1.82, 2.24) is 4.90 Å². The van der Waals surface area contributed by atoms with Gasteiger partial charge < -0.3 is 10.0 Å². The molecule has 0 spiro atoms. The number of amides is 1. The number of carbonyl (C=O) groups excluding carboxylic acids is 1. The summed E-state index contributed by atoms with van der Waals surface area (Å²) in [6.07, 6.45) is 5.18. The normalized spacial score (nSPS) is 34.7. The molecule has 2 aliphatic carbocycles. The minimum atomic E-state index is -0.709. The number of hydrogen-bond donors (Lipinski definition) is 1. The first-order valence-corrected chi connectivity index (χ1v) is 9.04. The number of carboxylic acid groups (broad SMARTS) is 1. The van der Waals surface area contributed by atoms with E-state index < -0.39 is 16.8 Å². The van der Waals surface area contributed by atoms with Crippen molar-refractivity contribution in [2.75, 3.05) is 13.1 Å². The molecule has 4 heteroatoms. The molecule has 1 aromatic rings. The summed E-state index contributed by atoms with van der Waals surface area (Å²) in [7, 11) is 0. The average Bonchev–Trinajstić information content (AvgIpc) is 3.12. The van der Waals surface area contributed by atoms with Crippen LogP contribution in [-0.4, -0.2) is 35.0 Å². The molecule has 1 amide bonds. The van der Waals surface area contributed by atoms with Crippen LogP contribution < -0.4 is 0 Å². The second-order valence-electron chi connectivity index (χ2n) is 8.24. The smallest absolute Gasteiger partial charge is 0.311 e. The molecule has 1 aliphatic heterocycles. The van der Waals surface area contributed by atoms with Crippen LogP contribution >= 0.6 is 0 Å². The maximum atomic E-state index is 13.3. The zero-order valence-electron chi connectivity index (χ0n) is 14.3. The maximum absolute atomic E-state index is 13.3. The molecule has 1 heterocycles. The average molecular weight is 327 g/mol. The molecule has 0 aromatic heterocycles. The molecule has 128 valence electrons. The van der Waals surface area contributed by atoms with Crippen molar-refractivity contribution >= 4 is 11.9 Å². The SMILES string of the molecule is CC1(C(=O)N2C[C@@H]3CCC[C@@]3(C(=O)O)C2)CCc2ccccc2C1. The topological polar surface area (TPSA) is 57.6 Å². The molecular formula is C20H25NO3.